The topological polar surface area (TPSA) is 111 Å². The second kappa shape index (κ2) is 8.25. The van der Waals surface area contributed by atoms with Gasteiger partial charge in [0, 0.05) is 22.3 Å². The molecule has 0 spiro atoms. The number of amides is 1. The third-order valence-corrected chi connectivity index (χ3v) is 5.15. The molecule has 0 atom stereocenters. The molecule has 5 aromatic rings. The van der Waals surface area contributed by atoms with E-state index < -0.39 is 10.8 Å². The zero-order valence-corrected chi connectivity index (χ0v) is 17.6. The van der Waals surface area contributed by atoms with Crippen molar-refractivity contribution < 1.29 is 18.6 Å². The van der Waals surface area contributed by atoms with Crippen LogP contribution in [0.1, 0.15) is 10.6 Å². The molecule has 8 nitrogen and oxygen atoms in total. The third kappa shape index (κ3) is 4.07. The van der Waals surface area contributed by atoms with E-state index in [9.17, 15) is 14.9 Å². The van der Waals surface area contributed by atoms with Crippen molar-refractivity contribution in [3.8, 4) is 22.8 Å². The van der Waals surface area contributed by atoms with Gasteiger partial charge in [0.25, 0.3) is 11.6 Å². The van der Waals surface area contributed by atoms with E-state index in [1.807, 2.05) is 6.07 Å². The first kappa shape index (κ1) is 20.5. The Bertz CT molecular complexity index is 1520. The lowest BCUT2D eigenvalue weighted by Gasteiger charge is -2.03. The summed E-state index contributed by atoms with van der Waals surface area (Å²) in [5.74, 6) is 0.155. The summed E-state index contributed by atoms with van der Waals surface area (Å²) in [5, 5.41) is 14.6. The Morgan fingerprint density at radius 1 is 0.970 bits per heavy atom. The van der Waals surface area contributed by atoms with Gasteiger partial charge < -0.3 is 14.2 Å². The minimum atomic E-state index is -0.502. The maximum absolute atomic E-state index is 12.7. The van der Waals surface area contributed by atoms with E-state index in [0.29, 0.717) is 33.3 Å². The number of hydrogen-bond acceptors (Lipinski definition) is 6. The first-order valence-corrected chi connectivity index (χ1v) is 10.2. The van der Waals surface area contributed by atoms with Crippen LogP contribution in [0.4, 0.5) is 11.4 Å². The molecule has 0 radical (unpaired) electrons. The molecule has 1 amide bonds. The van der Waals surface area contributed by atoms with Crippen LogP contribution in [0.3, 0.4) is 0 Å². The molecule has 3 aromatic carbocycles. The normalized spacial score (nSPS) is 10.9. The van der Waals surface area contributed by atoms with E-state index in [4.69, 9.17) is 20.4 Å². The molecule has 0 saturated heterocycles. The Balaban J connectivity index is 1.38. The van der Waals surface area contributed by atoms with Crippen molar-refractivity contribution in [2.45, 2.75) is 0 Å². The highest BCUT2D eigenvalue weighted by Gasteiger charge is 2.19. The van der Waals surface area contributed by atoms with Crippen molar-refractivity contribution in [2.75, 3.05) is 5.32 Å². The minimum Gasteiger partial charge on any atom is -0.451 e. The van der Waals surface area contributed by atoms with Crippen molar-refractivity contribution in [2.24, 2.45) is 0 Å². The molecule has 0 saturated carbocycles. The number of carbonyl (C=O) groups is 1. The first-order valence-electron chi connectivity index (χ1n) is 9.79. The molecule has 5 rings (SSSR count). The fourth-order valence-corrected chi connectivity index (χ4v) is 3.58. The zero-order chi connectivity index (χ0) is 22.9. The average molecular weight is 460 g/mol. The van der Waals surface area contributed by atoms with E-state index in [1.54, 1.807) is 54.6 Å². The zero-order valence-electron chi connectivity index (χ0n) is 16.8. The summed E-state index contributed by atoms with van der Waals surface area (Å²) < 4.78 is 11.4. The van der Waals surface area contributed by atoms with E-state index in [2.05, 4.69) is 10.3 Å². The lowest BCUT2D eigenvalue weighted by molar-refractivity contribution is -0.384. The Morgan fingerprint density at radius 3 is 2.64 bits per heavy atom. The predicted molar refractivity (Wildman–Crippen MR) is 123 cm³/mol. The number of para-hydroxylation sites is 1. The highest BCUT2D eigenvalue weighted by atomic mass is 35.5. The summed E-state index contributed by atoms with van der Waals surface area (Å²) in [6.07, 6.45) is 0. The van der Waals surface area contributed by atoms with Gasteiger partial charge >= 0.3 is 0 Å². The maximum Gasteiger partial charge on any atom is 0.291 e. The third-order valence-electron chi connectivity index (χ3n) is 4.91. The maximum atomic E-state index is 12.7. The summed E-state index contributed by atoms with van der Waals surface area (Å²) in [4.78, 5) is 27.9. The number of nitro benzene ring substituents is 1. The van der Waals surface area contributed by atoms with Crippen LogP contribution >= 0.6 is 11.6 Å². The van der Waals surface area contributed by atoms with Crippen molar-refractivity contribution in [1.29, 1.82) is 0 Å². The summed E-state index contributed by atoms with van der Waals surface area (Å²) in [6, 6.07) is 21.4. The van der Waals surface area contributed by atoms with Crippen molar-refractivity contribution in [3.63, 3.8) is 0 Å². The number of halogens is 1. The van der Waals surface area contributed by atoms with Crippen LogP contribution in [0.5, 0.6) is 0 Å². The van der Waals surface area contributed by atoms with Gasteiger partial charge in [-0.15, -0.1) is 0 Å². The van der Waals surface area contributed by atoms with E-state index >= 15 is 0 Å². The number of nitrogens with zero attached hydrogens (tertiary/aromatic N) is 2. The van der Waals surface area contributed by atoms with Crippen LogP contribution in [-0.4, -0.2) is 15.8 Å². The Kier molecular flexibility index (Phi) is 5.12. The van der Waals surface area contributed by atoms with Gasteiger partial charge in [-0.3, -0.25) is 14.9 Å². The SMILES string of the molecule is O=C(Nc1ccc2oc(-c3cccc(Cl)c3)nc2c1)c1ccc(-c2ccccc2[N+](=O)[O-])o1. The van der Waals surface area contributed by atoms with Gasteiger partial charge in [-0.25, -0.2) is 4.98 Å². The molecule has 33 heavy (non-hydrogen) atoms. The van der Waals surface area contributed by atoms with E-state index in [0.717, 1.165) is 5.56 Å². The summed E-state index contributed by atoms with van der Waals surface area (Å²) >= 11 is 6.04. The number of rotatable bonds is 5. The molecule has 0 aliphatic carbocycles. The number of fused-ring (bicyclic) bond motifs is 1. The Labute approximate surface area is 191 Å². The second-order valence-corrected chi connectivity index (χ2v) is 7.54. The molecule has 2 heterocycles. The van der Waals surface area contributed by atoms with Gasteiger partial charge in [-0.05, 0) is 54.6 Å². The van der Waals surface area contributed by atoms with E-state index in [1.165, 1.54) is 18.2 Å². The largest absolute Gasteiger partial charge is 0.451 e. The highest BCUT2D eigenvalue weighted by Crippen LogP contribution is 2.31. The number of anilines is 1. The molecule has 9 heteroatoms. The number of hydrogen-bond donors (Lipinski definition) is 1. The number of benzene rings is 3. The lowest BCUT2D eigenvalue weighted by atomic mass is 10.1. The van der Waals surface area contributed by atoms with Gasteiger partial charge in [0.15, 0.2) is 11.3 Å². The van der Waals surface area contributed by atoms with Crippen LogP contribution in [0.15, 0.2) is 87.7 Å². The molecule has 2 aromatic heterocycles. The van der Waals surface area contributed by atoms with Crippen LogP contribution in [0.25, 0.3) is 33.9 Å². The Hall–Kier alpha value is -4.43. The van der Waals surface area contributed by atoms with Gasteiger partial charge in [0.2, 0.25) is 5.89 Å². The molecule has 1 N–H and O–H groups in total. The highest BCUT2D eigenvalue weighted by molar-refractivity contribution is 6.30. The monoisotopic (exact) mass is 459 g/mol. The van der Waals surface area contributed by atoms with Crippen molar-refractivity contribution in [3.05, 3.63) is 99.8 Å². The lowest BCUT2D eigenvalue weighted by Crippen LogP contribution is -2.10. The van der Waals surface area contributed by atoms with Crippen molar-refractivity contribution in [1.82, 2.24) is 4.98 Å². The smallest absolute Gasteiger partial charge is 0.291 e. The van der Waals surface area contributed by atoms with Gasteiger partial charge in [-0.1, -0.05) is 29.8 Å². The van der Waals surface area contributed by atoms with Gasteiger partial charge in [0.1, 0.15) is 11.3 Å². The summed E-state index contributed by atoms with van der Waals surface area (Å²) in [6.45, 7) is 0. The minimum absolute atomic E-state index is 0.0167. The fraction of sp³-hybridized carbons (Fsp3) is 0. The van der Waals surface area contributed by atoms with Crippen LogP contribution in [0, 0.1) is 10.1 Å². The number of furan rings is 1. The average Bonchev–Trinajstić information content (AvgIpc) is 3.46. The molecule has 0 bridgehead atoms. The van der Waals surface area contributed by atoms with Crippen LogP contribution in [-0.2, 0) is 0 Å². The summed E-state index contributed by atoms with van der Waals surface area (Å²) in [7, 11) is 0. The quantitative estimate of drug-likeness (QED) is 0.235. The van der Waals surface area contributed by atoms with Crippen LogP contribution in [0.2, 0.25) is 5.02 Å². The number of nitro groups is 1. The standard InChI is InChI=1S/C24H14ClN3O5/c25-15-5-3-4-14(12-15)24-27-18-13-16(8-9-21(18)33-24)26-23(29)22-11-10-20(32-22)17-6-1-2-7-19(17)28(30)31/h1-13H,(H,26,29). The fourth-order valence-electron chi connectivity index (χ4n) is 3.39. The number of aromatic nitrogens is 1. The van der Waals surface area contributed by atoms with Gasteiger partial charge in [0.05, 0.1) is 10.5 Å². The molecular formula is C24H14ClN3O5. The first-order chi connectivity index (χ1) is 16.0. The number of carbonyl (C=O) groups excluding carboxylic acids is 1. The molecule has 0 aliphatic rings. The molecule has 0 unspecified atom stereocenters. The second-order valence-electron chi connectivity index (χ2n) is 7.10. The number of oxazole rings is 1. The molecular weight excluding hydrogens is 446 g/mol. The van der Waals surface area contributed by atoms with Crippen molar-refractivity contribution >= 4 is 40.0 Å². The summed E-state index contributed by atoms with van der Waals surface area (Å²) in [5.41, 5.74) is 2.52. The molecule has 162 valence electrons. The van der Waals surface area contributed by atoms with Gasteiger partial charge in [-0.2, -0.15) is 0 Å². The van der Waals surface area contributed by atoms with Crippen LogP contribution < -0.4 is 5.32 Å². The Morgan fingerprint density at radius 2 is 1.82 bits per heavy atom. The van der Waals surface area contributed by atoms with E-state index in [-0.39, 0.29) is 17.2 Å². The molecule has 0 aliphatic heterocycles. The predicted octanol–water partition coefficient (Wildman–Crippen LogP) is 6.57. The number of nitrogens with one attached hydrogen (secondary N) is 1. The molecule has 0 fully saturated rings.